The van der Waals surface area contributed by atoms with Gasteiger partial charge in [-0.25, -0.2) is 0 Å². The number of aromatic nitrogens is 2. The zero-order chi connectivity index (χ0) is 16.3. The molecule has 0 spiro atoms. The summed E-state index contributed by atoms with van der Waals surface area (Å²) in [7, 11) is 1.54. The average molecular weight is 311 g/mol. The van der Waals surface area contributed by atoms with E-state index in [0.29, 0.717) is 24.3 Å². The first-order valence-electron chi connectivity index (χ1n) is 7.62. The predicted molar refractivity (Wildman–Crippen MR) is 84.8 cm³/mol. The summed E-state index contributed by atoms with van der Waals surface area (Å²) < 4.78 is 11.1. The van der Waals surface area contributed by atoms with E-state index >= 15 is 0 Å². The monoisotopic (exact) mass is 311 g/mol. The van der Waals surface area contributed by atoms with Gasteiger partial charge in [0.25, 0.3) is 0 Å². The highest BCUT2D eigenvalue weighted by Gasteiger charge is 2.40. The molecular weight excluding hydrogens is 286 g/mol. The number of anilines is 3. The van der Waals surface area contributed by atoms with Crippen molar-refractivity contribution in [3.05, 3.63) is 0 Å². The van der Waals surface area contributed by atoms with Crippen LogP contribution in [0.5, 0.6) is 5.88 Å². The molecule has 2 aliphatic heterocycles. The highest BCUT2D eigenvalue weighted by atomic mass is 16.5. The Kier molecular flexibility index (Phi) is 5.25. The number of nitrogens with zero attached hydrogens (tertiary/aromatic N) is 3. The first-order chi connectivity index (χ1) is 10.6. The molecule has 2 unspecified atom stereocenters. The summed E-state index contributed by atoms with van der Waals surface area (Å²) in [6, 6.07) is 0. The third kappa shape index (κ3) is 2.89. The Morgan fingerprint density at radius 3 is 2.77 bits per heavy atom. The number of methoxy groups -OCH3 is 1. The Hall–Kier alpha value is -1.80. The highest BCUT2D eigenvalue weighted by Crippen LogP contribution is 2.41. The van der Waals surface area contributed by atoms with Gasteiger partial charge in [-0.1, -0.05) is 20.8 Å². The summed E-state index contributed by atoms with van der Waals surface area (Å²) in [4.78, 5) is 10.3. The number of nitrogens with one attached hydrogen (secondary N) is 1. The van der Waals surface area contributed by atoms with Gasteiger partial charge in [0, 0.05) is 5.92 Å². The lowest BCUT2D eigenvalue weighted by atomic mass is 10.1. The Bertz CT molecular complexity index is 513. The molecule has 0 aromatic carbocycles. The van der Waals surface area contributed by atoms with Crippen LogP contribution in [0.15, 0.2) is 0 Å². The topological polar surface area (TPSA) is 106 Å². The quantitative estimate of drug-likeness (QED) is 0.760. The number of hydrogen-bond donors (Lipinski definition) is 3. The summed E-state index contributed by atoms with van der Waals surface area (Å²) in [6.07, 6.45) is 0.560. The Labute approximate surface area is 130 Å². The van der Waals surface area contributed by atoms with Crippen LogP contribution in [0.25, 0.3) is 0 Å². The fourth-order valence-electron chi connectivity index (χ4n) is 2.82. The van der Waals surface area contributed by atoms with Gasteiger partial charge in [-0.15, -0.1) is 0 Å². The van der Waals surface area contributed by atoms with Crippen LogP contribution in [0, 0.1) is 5.92 Å². The molecule has 1 saturated heterocycles. The van der Waals surface area contributed by atoms with Crippen LogP contribution in [0.3, 0.4) is 0 Å². The molecule has 1 fully saturated rings. The fourth-order valence-corrected chi connectivity index (χ4v) is 2.82. The van der Waals surface area contributed by atoms with Gasteiger partial charge in [0.1, 0.15) is 11.9 Å². The molecule has 8 nitrogen and oxygen atoms in total. The van der Waals surface area contributed by atoms with E-state index in [1.54, 1.807) is 7.11 Å². The first-order valence-corrected chi connectivity index (χ1v) is 7.62. The highest BCUT2D eigenvalue weighted by molar-refractivity contribution is 5.76. The molecule has 8 heteroatoms. The van der Waals surface area contributed by atoms with E-state index in [-0.39, 0.29) is 24.9 Å². The number of aliphatic hydroxyl groups excluding tert-OH is 1. The van der Waals surface area contributed by atoms with Crippen molar-refractivity contribution < 1.29 is 14.6 Å². The summed E-state index contributed by atoms with van der Waals surface area (Å²) in [5.41, 5.74) is 6.45. The van der Waals surface area contributed by atoms with Gasteiger partial charge < -0.3 is 30.5 Å². The van der Waals surface area contributed by atoms with Gasteiger partial charge in [-0.3, -0.25) is 0 Å². The molecule has 0 saturated carbocycles. The van der Waals surface area contributed by atoms with Crippen LogP contribution >= 0.6 is 0 Å². The average Bonchev–Trinajstić information content (AvgIpc) is 3.11. The van der Waals surface area contributed by atoms with E-state index in [4.69, 9.17) is 15.2 Å². The number of nitrogen functional groups attached to an aromatic ring is 1. The van der Waals surface area contributed by atoms with Crippen molar-refractivity contribution in [1.82, 2.24) is 9.97 Å². The maximum atomic E-state index is 9.24. The van der Waals surface area contributed by atoms with Crippen molar-refractivity contribution in [2.24, 2.45) is 5.92 Å². The lowest BCUT2D eigenvalue weighted by Gasteiger charge is -2.27. The van der Waals surface area contributed by atoms with Crippen molar-refractivity contribution >= 4 is 17.5 Å². The lowest BCUT2D eigenvalue weighted by Crippen LogP contribution is -2.39. The molecule has 22 heavy (non-hydrogen) atoms. The Morgan fingerprint density at radius 1 is 1.45 bits per heavy atom. The van der Waals surface area contributed by atoms with E-state index in [9.17, 15) is 5.11 Å². The molecule has 3 rings (SSSR count). The molecule has 3 atom stereocenters. The molecule has 4 N–H and O–H groups in total. The molecule has 0 amide bonds. The van der Waals surface area contributed by atoms with Gasteiger partial charge in [0.2, 0.25) is 11.8 Å². The van der Waals surface area contributed by atoms with Crippen molar-refractivity contribution in [3.63, 3.8) is 0 Å². The number of fused-ring (bicyclic) bond motifs is 1. The van der Waals surface area contributed by atoms with E-state index in [1.165, 1.54) is 0 Å². The minimum Gasteiger partial charge on any atom is -0.479 e. The third-order valence-corrected chi connectivity index (χ3v) is 3.73. The van der Waals surface area contributed by atoms with Crippen molar-refractivity contribution in [3.8, 4) is 5.88 Å². The van der Waals surface area contributed by atoms with Crippen LogP contribution in [-0.2, 0) is 4.74 Å². The van der Waals surface area contributed by atoms with Gasteiger partial charge in [0.05, 0.1) is 26.5 Å². The van der Waals surface area contributed by atoms with E-state index in [2.05, 4.69) is 22.2 Å². The van der Waals surface area contributed by atoms with E-state index < -0.39 is 0 Å². The molecule has 0 aliphatic carbocycles. The maximum absolute atomic E-state index is 9.24. The normalized spacial score (nSPS) is 26.0. The molecule has 1 aromatic rings. The molecule has 3 heterocycles. The molecule has 1 aromatic heterocycles. The van der Waals surface area contributed by atoms with E-state index in [0.717, 1.165) is 12.1 Å². The second-order valence-corrected chi connectivity index (χ2v) is 5.14. The van der Waals surface area contributed by atoms with Crippen LogP contribution < -0.4 is 20.7 Å². The molecule has 2 aliphatic rings. The number of ether oxygens (including phenoxy) is 2. The van der Waals surface area contributed by atoms with Gasteiger partial charge >= 0.3 is 0 Å². The first kappa shape index (κ1) is 16.6. The minimum absolute atomic E-state index is 0.0319. The summed E-state index contributed by atoms with van der Waals surface area (Å²) in [5, 5.41) is 12.4. The zero-order valence-corrected chi connectivity index (χ0v) is 13.5. The van der Waals surface area contributed by atoms with Gasteiger partial charge in [-0.05, 0) is 6.42 Å². The van der Waals surface area contributed by atoms with Crippen LogP contribution in [-0.4, -0.2) is 47.8 Å². The fraction of sp³-hybridized carbons (Fsp3) is 0.714. The van der Waals surface area contributed by atoms with Crippen LogP contribution in [0.4, 0.5) is 17.5 Å². The summed E-state index contributed by atoms with van der Waals surface area (Å²) >= 11 is 0. The van der Waals surface area contributed by atoms with Crippen molar-refractivity contribution in [2.45, 2.75) is 39.5 Å². The number of rotatable bonds is 3. The lowest BCUT2D eigenvalue weighted by molar-refractivity contribution is 0.00585. The zero-order valence-electron chi connectivity index (χ0n) is 13.5. The van der Waals surface area contributed by atoms with Gasteiger partial charge in [-0.2, -0.15) is 9.97 Å². The van der Waals surface area contributed by atoms with Crippen LogP contribution in [0.2, 0.25) is 0 Å². The number of hydrogen-bond acceptors (Lipinski definition) is 8. The summed E-state index contributed by atoms with van der Waals surface area (Å²) in [6.45, 7) is 6.68. The maximum Gasteiger partial charge on any atom is 0.244 e. The molecule has 0 radical (unpaired) electrons. The standard InChI is InChI=1S/C12H19N5O3.C2H6/c1-6-3-7(4-18)20-11(6)17-5-14-8-9(17)15-12(13)16-10(8)19-2;1-2/h6-7,11,14,18H,3-5H2,1-2H3,(H2,13,15,16);1-2H3/t6-,7?,11?;/m0./s1. The Morgan fingerprint density at radius 2 is 2.18 bits per heavy atom. The van der Waals surface area contributed by atoms with E-state index in [1.807, 2.05) is 18.7 Å². The third-order valence-electron chi connectivity index (χ3n) is 3.73. The minimum atomic E-state index is -0.139. The van der Waals surface area contributed by atoms with Crippen LogP contribution in [0.1, 0.15) is 27.2 Å². The SMILES string of the molecule is CC.COc1nc(N)nc2c1NCN2C1OC(CO)C[C@@H]1C. The molecular formula is C14H25N5O3. The van der Waals surface area contributed by atoms with Gasteiger partial charge in [0.15, 0.2) is 5.82 Å². The van der Waals surface area contributed by atoms with Crippen molar-refractivity contribution in [1.29, 1.82) is 0 Å². The smallest absolute Gasteiger partial charge is 0.244 e. The largest absolute Gasteiger partial charge is 0.479 e. The molecule has 124 valence electrons. The van der Waals surface area contributed by atoms with Crippen molar-refractivity contribution in [2.75, 3.05) is 36.3 Å². The number of nitrogens with two attached hydrogens (primary N) is 1. The second-order valence-electron chi connectivity index (χ2n) is 5.14. The number of aliphatic hydroxyl groups is 1. The molecule has 0 bridgehead atoms. The summed E-state index contributed by atoms with van der Waals surface area (Å²) in [5.74, 6) is 1.57. The second kappa shape index (κ2) is 6.97. The Balaban J connectivity index is 0.000000847. The predicted octanol–water partition coefficient (Wildman–Crippen LogP) is 1.03.